The first-order valence-corrected chi connectivity index (χ1v) is 7.43. The number of amides is 1. The zero-order chi connectivity index (χ0) is 15.2. The molecule has 1 fully saturated rings. The van der Waals surface area contributed by atoms with Crippen molar-refractivity contribution < 1.29 is 14.3 Å². The fourth-order valence-corrected chi connectivity index (χ4v) is 2.54. The van der Waals surface area contributed by atoms with E-state index in [1.54, 1.807) is 25.1 Å². The van der Waals surface area contributed by atoms with Gasteiger partial charge < -0.3 is 14.4 Å². The zero-order valence-electron chi connectivity index (χ0n) is 12.9. The van der Waals surface area contributed by atoms with Crippen molar-refractivity contribution in [2.45, 2.75) is 19.6 Å². The second-order valence-corrected chi connectivity index (χ2v) is 5.75. The highest BCUT2D eigenvalue weighted by atomic mass is 16.3. The summed E-state index contributed by atoms with van der Waals surface area (Å²) in [7, 11) is 1.80. The van der Waals surface area contributed by atoms with Crippen LogP contribution in [0.15, 0.2) is 22.8 Å². The largest absolute Gasteiger partial charge is 0.467 e. The first kappa shape index (κ1) is 16.0. The Kier molecular flexibility index (Phi) is 5.78. The molecule has 0 spiro atoms. The van der Waals surface area contributed by atoms with E-state index in [2.05, 4.69) is 9.80 Å². The Morgan fingerprint density at radius 3 is 2.62 bits per heavy atom. The van der Waals surface area contributed by atoms with E-state index in [1.165, 1.54) is 0 Å². The zero-order valence-corrected chi connectivity index (χ0v) is 12.9. The van der Waals surface area contributed by atoms with Gasteiger partial charge in [0.25, 0.3) is 0 Å². The fourth-order valence-electron chi connectivity index (χ4n) is 2.54. The van der Waals surface area contributed by atoms with E-state index in [1.807, 2.05) is 12.1 Å². The van der Waals surface area contributed by atoms with Crippen molar-refractivity contribution >= 4 is 5.91 Å². The van der Waals surface area contributed by atoms with E-state index >= 15 is 0 Å². The maximum atomic E-state index is 12.2. The maximum Gasteiger partial charge on any atom is 0.236 e. The molecule has 1 amide bonds. The van der Waals surface area contributed by atoms with Gasteiger partial charge in [-0.15, -0.1) is 0 Å². The number of piperazine rings is 1. The molecule has 21 heavy (non-hydrogen) atoms. The van der Waals surface area contributed by atoms with Crippen LogP contribution in [-0.4, -0.2) is 78.1 Å². The predicted octanol–water partition coefficient (Wildman–Crippen LogP) is 0.236. The van der Waals surface area contributed by atoms with Crippen molar-refractivity contribution in [3.63, 3.8) is 0 Å². The Morgan fingerprint density at radius 2 is 2.05 bits per heavy atom. The first-order valence-electron chi connectivity index (χ1n) is 7.43. The molecule has 0 aromatic carbocycles. The van der Waals surface area contributed by atoms with Gasteiger partial charge in [0.2, 0.25) is 5.91 Å². The third kappa shape index (κ3) is 5.15. The van der Waals surface area contributed by atoms with Crippen LogP contribution in [0.2, 0.25) is 0 Å². The van der Waals surface area contributed by atoms with Gasteiger partial charge >= 0.3 is 0 Å². The molecule has 0 unspecified atom stereocenters. The molecule has 6 heteroatoms. The topological polar surface area (TPSA) is 60.2 Å². The van der Waals surface area contributed by atoms with Crippen LogP contribution in [0.5, 0.6) is 0 Å². The molecule has 1 aliphatic heterocycles. The average Bonchev–Trinajstić information content (AvgIpc) is 2.93. The van der Waals surface area contributed by atoms with Crippen LogP contribution in [-0.2, 0) is 11.3 Å². The summed E-state index contributed by atoms with van der Waals surface area (Å²) >= 11 is 0. The van der Waals surface area contributed by atoms with Gasteiger partial charge in [-0.25, -0.2) is 0 Å². The molecule has 118 valence electrons. The van der Waals surface area contributed by atoms with Gasteiger partial charge in [-0.05, 0) is 19.1 Å². The summed E-state index contributed by atoms with van der Waals surface area (Å²) in [5.74, 6) is 0.906. The summed E-state index contributed by atoms with van der Waals surface area (Å²) in [5, 5.41) is 9.39. The molecule has 1 aromatic rings. The molecule has 1 aliphatic rings. The molecule has 0 saturated carbocycles. The van der Waals surface area contributed by atoms with E-state index in [-0.39, 0.29) is 12.0 Å². The lowest BCUT2D eigenvalue weighted by molar-refractivity contribution is -0.132. The molecule has 1 saturated heterocycles. The van der Waals surface area contributed by atoms with Gasteiger partial charge in [0.05, 0.1) is 25.5 Å². The minimum Gasteiger partial charge on any atom is -0.467 e. The lowest BCUT2D eigenvalue weighted by Gasteiger charge is -2.35. The van der Waals surface area contributed by atoms with Gasteiger partial charge in [0.1, 0.15) is 5.76 Å². The first-order chi connectivity index (χ1) is 10.0. The van der Waals surface area contributed by atoms with Crippen LogP contribution in [0.3, 0.4) is 0 Å². The number of hydrogen-bond acceptors (Lipinski definition) is 5. The van der Waals surface area contributed by atoms with Gasteiger partial charge in [-0.2, -0.15) is 0 Å². The molecule has 1 atom stereocenters. The van der Waals surface area contributed by atoms with Gasteiger partial charge in [0, 0.05) is 39.8 Å². The quantitative estimate of drug-likeness (QED) is 0.814. The second kappa shape index (κ2) is 7.59. The Balaban J connectivity index is 1.71. The minimum atomic E-state index is -0.294. The molecule has 0 aliphatic carbocycles. The van der Waals surface area contributed by atoms with Gasteiger partial charge in [-0.3, -0.25) is 14.6 Å². The lowest BCUT2D eigenvalue weighted by atomic mass is 10.2. The molecule has 6 nitrogen and oxygen atoms in total. The predicted molar refractivity (Wildman–Crippen MR) is 79.7 cm³/mol. The number of β-amino-alcohol motifs (C(OH)–C–C–N with tert-alkyl or cyclic N) is 1. The monoisotopic (exact) mass is 295 g/mol. The van der Waals surface area contributed by atoms with E-state index < -0.39 is 0 Å². The Bertz CT molecular complexity index is 425. The molecular weight excluding hydrogens is 270 g/mol. The highest BCUT2D eigenvalue weighted by molar-refractivity contribution is 5.77. The molecule has 0 radical (unpaired) electrons. The van der Waals surface area contributed by atoms with Crippen molar-refractivity contribution in [1.29, 1.82) is 0 Å². The summed E-state index contributed by atoms with van der Waals surface area (Å²) in [6, 6.07) is 3.70. The lowest BCUT2D eigenvalue weighted by Crippen LogP contribution is -2.50. The van der Waals surface area contributed by atoms with Crippen molar-refractivity contribution in [1.82, 2.24) is 14.7 Å². The maximum absolute atomic E-state index is 12.2. The van der Waals surface area contributed by atoms with E-state index in [0.717, 1.165) is 31.9 Å². The number of carbonyl (C=O) groups excluding carboxylic acids is 1. The van der Waals surface area contributed by atoms with Gasteiger partial charge in [0.15, 0.2) is 0 Å². The van der Waals surface area contributed by atoms with Crippen molar-refractivity contribution in [3.8, 4) is 0 Å². The number of hydrogen-bond donors (Lipinski definition) is 1. The van der Waals surface area contributed by atoms with Gasteiger partial charge in [-0.1, -0.05) is 0 Å². The van der Waals surface area contributed by atoms with Crippen LogP contribution in [0.1, 0.15) is 12.7 Å². The number of likely N-dealkylation sites (N-methyl/N-ethyl adjacent to an activating group) is 1. The SMILES string of the molecule is C[C@H](O)CN1CCN(CC(=O)N(C)Cc2ccco2)CC1. The Labute approximate surface area is 125 Å². The number of rotatable bonds is 6. The highest BCUT2D eigenvalue weighted by Gasteiger charge is 2.21. The number of aliphatic hydroxyl groups is 1. The fraction of sp³-hybridized carbons (Fsp3) is 0.667. The summed E-state index contributed by atoms with van der Waals surface area (Å²) in [6.07, 6.45) is 1.33. The second-order valence-electron chi connectivity index (χ2n) is 5.75. The van der Waals surface area contributed by atoms with Crippen LogP contribution in [0, 0.1) is 0 Å². The van der Waals surface area contributed by atoms with E-state index in [4.69, 9.17) is 4.42 Å². The highest BCUT2D eigenvalue weighted by Crippen LogP contribution is 2.06. The molecule has 1 N–H and O–H groups in total. The standard InChI is InChI=1S/C15H25N3O3/c1-13(19)10-17-5-7-18(8-6-17)12-15(20)16(2)11-14-4-3-9-21-14/h3-4,9,13,19H,5-8,10-12H2,1-2H3/t13-/m0/s1. The normalized spacial score (nSPS) is 18.6. The Hall–Kier alpha value is -1.37. The number of carbonyl (C=O) groups is 1. The molecular formula is C15H25N3O3. The average molecular weight is 295 g/mol. The number of nitrogens with zero attached hydrogens (tertiary/aromatic N) is 3. The van der Waals surface area contributed by atoms with Crippen molar-refractivity contribution in [2.24, 2.45) is 0 Å². The van der Waals surface area contributed by atoms with Crippen LogP contribution in [0.4, 0.5) is 0 Å². The van der Waals surface area contributed by atoms with Crippen molar-refractivity contribution in [3.05, 3.63) is 24.2 Å². The molecule has 1 aromatic heterocycles. The Morgan fingerprint density at radius 1 is 1.38 bits per heavy atom. The molecule has 2 rings (SSSR count). The summed E-state index contributed by atoms with van der Waals surface area (Å²) in [4.78, 5) is 18.3. The molecule has 2 heterocycles. The summed E-state index contributed by atoms with van der Waals surface area (Å²) < 4.78 is 5.26. The smallest absolute Gasteiger partial charge is 0.236 e. The summed E-state index contributed by atoms with van der Waals surface area (Å²) in [5.41, 5.74) is 0. The minimum absolute atomic E-state index is 0.107. The van der Waals surface area contributed by atoms with Crippen LogP contribution < -0.4 is 0 Å². The number of aliphatic hydroxyl groups excluding tert-OH is 1. The summed E-state index contributed by atoms with van der Waals surface area (Å²) in [6.45, 7) is 7.01. The molecule has 0 bridgehead atoms. The van der Waals surface area contributed by atoms with Crippen LogP contribution in [0.25, 0.3) is 0 Å². The third-order valence-electron chi connectivity index (χ3n) is 3.75. The van der Waals surface area contributed by atoms with E-state index in [0.29, 0.717) is 19.6 Å². The van der Waals surface area contributed by atoms with Crippen LogP contribution >= 0.6 is 0 Å². The third-order valence-corrected chi connectivity index (χ3v) is 3.75. The van der Waals surface area contributed by atoms with E-state index in [9.17, 15) is 9.90 Å². The van der Waals surface area contributed by atoms with Crippen molar-refractivity contribution in [2.75, 3.05) is 46.3 Å². The number of furan rings is 1.